The highest BCUT2D eigenvalue weighted by atomic mass is 16.5. The minimum atomic E-state index is -0.529. The highest BCUT2D eigenvalue weighted by Crippen LogP contribution is 2.16. The fraction of sp³-hybridized carbons (Fsp3) is 0.250. The Morgan fingerprint density at radius 2 is 1.96 bits per heavy atom. The molecule has 27 heavy (non-hydrogen) atoms. The number of anilines is 1. The van der Waals surface area contributed by atoms with Crippen LogP contribution >= 0.6 is 0 Å². The van der Waals surface area contributed by atoms with Crippen LogP contribution in [-0.4, -0.2) is 17.9 Å². The molecule has 7 heteroatoms. The molecule has 2 aromatic carbocycles. The van der Waals surface area contributed by atoms with Crippen molar-refractivity contribution in [2.24, 2.45) is 4.99 Å². The monoisotopic (exact) mass is 366 g/mol. The molecule has 1 unspecified atom stereocenters. The number of aliphatic imine (C=N–C) groups is 1. The van der Waals surface area contributed by atoms with E-state index in [-0.39, 0.29) is 11.9 Å². The lowest BCUT2D eigenvalue weighted by Gasteiger charge is -2.12. The van der Waals surface area contributed by atoms with Gasteiger partial charge in [-0.25, -0.2) is 4.99 Å². The highest BCUT2D eigenvalue weighted by molar-refractivity contribution is 5.87. The van der Waals surface area contributed by atoms with Crippen LogP contribution in [0.2, 0.25) is 0 Å². The number of amidine groups is 1. The molecule has 140 valence electrons. The predicted molar refractivity (Wildman–Crippen MR) is 99.9 cm³/mol. The van der Waals surface area contributed by atoms with Crippen LogP contribution in [0.4, 0.5) is 11.6 Å². The van der Waals surface area contributed by atoms with E-state index in [2.05, 4.69) is 27.7 Å². The van der Waals surface area contributed by atoms with Crippen molar-refractivity contribution in [2.75, 3.05) is 11.9 Å². The molecule has 7 nitrogen and oxygen atoms in total. The Bertz CT molecular complexity index is 876. The maximum absolute atomic E-state index is 12.1. The molecular formula is C20H22N4O3. The van der Waals surface area contributed by atoms with Crippen LogP contribution in [0.1, 0.15) is 25.5 Å². The van der Waals surface area contributed by atoms with E-state index in [1.165, 1.54) is 5.56 Å². The molecule has 3 rings (SSSR count). The molecule has 0 aliphatic rings. The lowest BCUT2D eigenvalue weighted by molar-refractivity contribution is -0.782. The third-order valence-corrected chi connectivity index (χ3v) is 3.93. The van der Waals surface area contributed by atoms with Gasteiger partial charge in [0.2, 0.25) is 5.27 Å². The minimum absolute atomic E-state index is 0.0780. The average molecular weight is 366 g/mol. The first-order valence-corrected chi connectivity index (χ1v) is 8.81. The Morgan fingerprint density at radius 3 is 2.67 bits per heavy atom. The first-order chi connectivity index (χ1) is 13.1. The summed E-state index contributed by atoms with van der Waals surface area (Å²) in [5, 5.41) is 18.7. The third kappa shape index (κ3) is 5.31. The van der Waals surface area contributed by atoms with Crippen LogP contribution in [0.25, 0.3) is 0 Å². The zero-order valence-electron chi connectivity index (χ0n) is 15.3. The maximum Gasteiger partial charge on any atom is 0.322 e. The van der Waals surface area contributed by atoms with Gasteiger partial charge >= 0.3 is 5.88 Å². The van der Waals surface area contributed by atoms with Crippen molar-refractivity contribution in [1.29, 1.82) is 0 Å². The lowest BCUT2D eigenvalue weighted by atomic mass is 10.1. The second kappa shape index (κ2) is 8.84. The van der Waals surface area contributed by atoms with Gasteiger partial charge in [0.1, 0.15) is 5.75 Å². The Morgan fingerprint density at radius 1 is 1.22 bits per heavy atom. The van der Waals surface area contributed by atoms with E-state index in [0.29, 0.717) is 12.3 Å². The van der Waals surface area contributed by atoms with Crippen molar-refractivity contribution in [3.05, 3.63) is 66.4 Å². The van der Waals surface area contributed by atoms with Gasteiger partial charge in [0.05, 0.1) is 12.6 Å². The summed E-state index contributed by atoms with van der Waals surface area (Å²) in [6.07, 6.45) is 2.42. The summed E-state index contributed by atoms with van der Waals surface area (Å²) < 4.78 is 12.2. The lowest BCUT2D eigenvalue weighted by Crippen LogP contribution is -2.39. The number of aromatic nitrogens is 2. The number of nitrogens with zero attached hydrogens (tertiary/aromatic N) is 3. The Hall–Kier alpha value is -3.35. The molecule has 0 amide bonds. The number of ether oxygens (including phenoxy) is 1. The molecule has 0 aliphatic carbocycles. The summed E-state index contributed by atoms with van der Waals surface area (Å²) in [5.74, 6) is 0.898. The first kappa shape index (κ1) is 18.4. The van der Waals surface area contributed by atoms with Crippen LogP contribution in [-0.2, 0) is 6.42 Å². The van der Waals surface area contributed by atoms with Gasteiger partial charge in [-0.2, -0.15) is 0 Å². The molecule has 0 fully saturated rings. The largest absolute Gasteiger partial charge is 0.846 e. The molecule has 3 aromatic rings. The summed E-state index contributed by atoms with van der Waals surface area (Å²) in [6.45, 7) is 4.54. The molecule has 0 bridgehead atoms. The summed E-state index contributed by atoms with van der Waals surface area (Å²) in [7, 11) is 0. The van der Waals surface area contributed by atoms with E-state index in [1.54, 1.807) is 35.1 Å². The van der Waals surface area contributed by atoms with Gasteiger partial charge < -0.3 is 15.2 Å². The van der Waals surface area contributed by atoms with Gasteiger partial charge in [0.15, 0.2) is 6.04 Å². The standard InChI is InChI=1S/C20H22N4O3/c1-3-26-18-11-9-17(10-12-18)21-20(25)22-19-14-24(23-27-19)15(2)13-16-7-5-4-6-8-16/h4-12,14-15H,3,13H2,1-2H3,(H-,21,22,23,25). The Labute approximate surface area is 157 Å². The van der Waals surface area contributed by atoms with Gasteiger partial charge in [-0.3, -0.25) is 4.52 Å². The van der Waals surface area contributed by atoms with E-state index < -0.39 is 6.02 Å². The normalized spacial score (nSPS) is 12.6. The fourth-order valence-electron chi connectivity index (χ4n) is 2.61. The third-order valence-electron chi connectivity index (χ3n) is 3.93. The van der Waals surface area contributed by atoms with E-state index in [4.69, 9.17) is 9.26 Å². The fourth-order valence-corrected chi connectivity index (χ4v) is 2.61. The number of rotatable bonds is 7. The van der Waals surface area contributed by atoms with Crippen molar-refractivity contribution in [2.45, 2.75) is 26.3 Å². The first-order valence-electron chi connectivity index (χ1n) is 8.81. The van der Waals surface area contributed by atoms with Crippen molar-refractivity contribution < 1.29 is 19.0 Å². The molecule has 0 spiro atoms. The van der Waals surface area contributed by atoms with Gasteiger partial charge in [-0.15, -0.1) is 0 Å². The van der Waals surface area contributed by atoms with E-state index in [0.717, 1.165) is 12.2 Å². The van der Waals surface area contributed by atoms with Gasteiger partial charge in [0.25, 0.3) is 6.20 Å². The molecule has 0 aliphatic heterocycles. The Kier molecular flexibility index (Phi) is 6.04. The number of benzene rings is 2. The van der Waals surface area contributed by atoms with Crippen LogP contribution in [0.3, 0.4) is 0 Å². The van der Waals surface area contributed by atoms with Crippen LogP contribution in [0, 0.1) is 0 Å². The van der Waals surface area contributed by atoms with Gasteiger partial charge in [-0.1, -0.05) is 30.3 Å². The molecule has 0 saturated carbocycles. The number of hydrogen-bond donors (Lipinski definition) is 1. The second-order valence-corrected chi connectivity index (χ2v) is 6.06. The second-order valence-electron chi connectivity index (χ2n) is 6.06. The quantitative estimate of drug-likeness (QED) is 0.395. The van der Waals surface area contributed by atoms with E-state index in [1.807, 2.05) is 32.0 Å². The molecule has 0 radical (unpaired) electrons. The van der Waals surface area contributed by atoms with Crippen LogP contribution < -0.4 is 19.8 Å². The van der Waals surface area contributed by atoms with Crippen LogP contribution in [0.15, 0.2) is 70.3 Å². The topological polar surface area (TPSA) is 86.6 Å². The predicted octanol–water partition coefficient (Wildman–Crippen LogP) is 2.62. The number of hydrogen-bond acceptors (Lipinski definition) is 5. The van der Waals surface area contributed by atoms with Gasteiger partial charge in [-0.05, 0) is 41.4 Å². The molecule has 1 atom stereocenters. The Balaban J connectivity index is 1.61. The molecule has 1 aromatic heterocycles. The van der Waals surface area contributed by atoms with Crippen molar-refractivity contribution in [1.82, 2.24) is 5.27 Å². The summed E-state index contributed by atoms with van der Waals surface area (Å²) in [6, 6.07) is 16.7. The van der Waals surface area contributed by atoms with Crippen molar-refractivity contribution >= 4 is 17.6 Å². The smallest absolute Gasteiger partial charge is 0.322 e. The zero-order valence-corrected chi connectivity index (χ0v) is 15.3. The molecule has 1 heterocycles. The summed E-state index contributed by atoms with van der Waals surface area (Å²) >= 11 is 0. The number of nitrogens with one attached hydrogen (secondary N) is 1. The maximum atomic E-state index is 12.1. The van der Waals surface area contributed by atoms with E-state index >= 15 is 0 Å². The zero-order chi connectivity index (χ0) is 19.1. The molecule has 0 saturated heterocycles. The minimum Gasteiger partial charge on any atom is -0.846 e. The molecular weight excluding hydrogens is 344 g/mol. The SMILES string of the molecule is CCOc1ccc(NC([O-])=Nc2c[n+](C(C)Cc3ccccc3)no2)cc1. The van der Waals surface area contributed by atoms with Crippen molar-refractivity contribution in [3.63, 3.8) is 0 Å². The summed E-state index contributed by atoms with van der Waals surface area (Å²) in [4.78, 5) is 3.89. The average Bonchev–Trinajstić information content (AvgIpc) is 3.13. The van der Waals surface area contributed by atoms with Crippen molar-refractivity contribution in [3.8, 4) is 5.75 Å². The summed E-state index contributed by atoms with van der Waals surface area (Å²) in [5.41, 5.74) is 1.82. The van der Waals surface area contributed by atoms with E-state index in [9.17, 15) is 5.11 Å². The highest BCUT2D eigenvalue weighted by Gasteiger charge is 2.19. The van der Waals surface area contributed by atoms with Gasteiger partial charge in [0, 0.05) is 19.0 Å². The van der Waals surface area contributed by atoms with Crippen LogP contribution in [0.5, 0.6) is 5.75 Å². The molecule has 1 N–H and O–H groups in total.